The van der Waals surface area contributed by atoms with Crippen LogP contribution >= 0.6 is 15.9 Å². The molecule has 1 aromatic rings. The number of methoxy groups -OCH3 is 2. The van der Waals surface area contributed by atoms with Crippen molar-refractivity contribution in [1.29, 1.82) is 0 Å². The van der Waals surface area contributed by atoms with Crippen LogP contribution in [0.4, 0.5) is 0 Å². The molecular weight excluding hydrogens is 248 g/mol. The summed E-state index contributed by atoms with van der Waals surface area (Å²) in [7, 11) is 3.14. The van der Waals surface area contributed by atoms with Gasteiger partial charge in [-0.15, -0.1) is 0 Å². The van der Waals surface area contributed by atoms with E-state index in [9.17, 15) is 4.79 Å². The highest BCUT2D eigenvalue weighted by Crippen LogP contribution is 2.37. The van der Waals surface area contributed by atoms with Crippen LogP contribution in [-0.4, -0.2) is 20.5 Å². The van der Waals surface area contributed by atoms with Crippen LogP contribution in [0.1, 0.15) is 5.56 Å². The number of ether oxygens (including phenoxy) is 2. The summed E-state index contributed by atoms with van der Waals surface area (Å²) < 4.78 is 11.0. The number of rotatable bonds is 4. The molecule has 0 heterocycles. The second-order valence-electron chi connectivity index (χ2n) is 2.64. The fourth-order valence-electron chi connectivity index (χ4n) is 1.18. The van der Waals surface area contributed by atoms with E-state index in [0.29, 0.717) is 17.9 Å². The van der Waals surface area contributed by atoms with Crippen LogP contribution < -0.4 is 9.47 Å². The minimum atomic E-state index is 0.362. The van der Waals surface area contributed by atoms with Gasteiger partial charge in [0.1, 0.15) is 6.29 Å². The van der Waals surface area contributed by atoms with Gasteiger partial charge in [-0.25, -0.2) is 0 Å². The Labute approximate surface area is 91.1 Å². The molecule has 0 radical (unpaired) electrons. The molecule has 0 atom stereocenters. The van der Waals surface area contributed by atoms with E-state index in [2.05, 4.69) is 15.9 Å². The lowest BCUT2D eigenvalue weighted by molar-refractivity contribution is -0.107. The van der Waals surface area contributed by atoms with Gasteiger partial charge in [0.2, 0.25) is 0 Å². The minimum absolute atomic E-state index is 0.362. The quantitative estimate of drug-likeness (QED) is 0.777. The van der Waals surface area contributed by atoms with Crippen LogP contribution in [-0.2, 0) is 11.2 Å². The molecule has 1 aromatic carbocycles. The van der Waals surface area contributed by atoms with E-state index < -0.39 is 0 Å². The van der Waals surface area contributed by atoms with Crippen molar-refractivity contribution in [2.24, 2.45) is 0 Å². The third kappa shape index (κ3) is 2.07. The highest BCUT2D eigenvalue weighted by atomic mass is 79.9. The average molecular weight is 259 g/mol. The summed E-state index contributed by atoms with van der Waals surface area (Å²) in [5.74, 6) is 1.26. The molecular formula is C10H11BrO3. The molecule has 0 aliphatic heterocycles. The molecule has 0 bridgehead atoms. The van der Waals surface area contributed by atoms with Gasteiger partial charge < -0.3 is 14.3 Å². The molecule has 14 heavy (non-hydrogen) atoms. The van der Waals surface area contributed by atoms with Gasteiger partial charge in [0, 0.05) is 6.42 Å². The number of hydrogen-bond donors (Lipinski definition) is 0. The number of hydrogen-bond acceptors (Lipinski definition) is 3. The topological polar surface area (TPSA) is 35.5 Å². The first-order valence-corrected chi connectivity index (χ1v) is 4.86. The average Bonchev–Trinajstić information content (AvgIpc) is 2.21. The molecule has 0 spiro atoms. The van der Waals surface area contributed by atoms with Gasteiger partial charge in [-0.05, 0) is 27.6 Å². The fraction of sp³-hybridized carbons (Fsp3) is 0.300. The molecule has 0 saturated carbocycles. The molecule has 4 heteroatoms. The molecule has 0 aromatic heterocycles. The van der Waals surface area contributed by atoms with Crippen LogP contribution in [0.3, 0.4) is 0 Å². The van der Waals surface area contributed by atoms with Crippen molar-refractivity contribution >= 4 is 22.2 Å². The number of halogens is 1. The SMILES string of the molecule is COc1ccc(CC=O)c(Br)c1OC. The zero-order chi connectivity index (χ0) is 10.6. The monoisotopic (exact) mass is 258 g/mol. The van der Waals surface area contributed by atoms with E-state index in [-0.39, 0.29) is 0 Å². The number of carbonyl (C=O) groups is 1. The Balaban J connectivity index is 3.19. The normalized spacial score (nSPS) is 9.64. The maximum atomic E-state index is 10.4. The largest absolute Gasteiger partial charge is 0.493 e. The van der Waals surface area contributed by atoms with Crippen molar-refractivity contribution in [3.8, 4) is 11.5 Å². The van der Waals surface area contributed by atoms with E-state index in [1.165, 1.54) is 0 Å². The maximum absolute atomic E-state index is 10.4. The third-order valence-electron chi connectivity index (χ3n) is 1.87. The lowest BCUT2D eigenvalue weighted by Crippen LogP contribution is -1.95. The molecule has 1 rings (SSSR count). The van der Waals surface area contributed by atoms with Crippen molar-refractivity contribution < 1.29 is 14.3 Å². The van der Waals surface area contributed by atoms with Gasteiger partial charge in [-0.3, -0.25) is 0 Å². The van der Waals surface area contributed by atoms with Crippen molar-refractivity contribution in [3.63, 3.8) is 0 Å². The summed E-state index contributed by atoms with van der Waals surface area (Å²) in [4.78, 5) is 10.4. The van der Waals surface area contributed by atoms with Gasteiger partial charge in [0.25, 0.3) is 0 Å². The van der Waals surface area contributed by atoms with Gasteiger partial charge in [0.05, 0.1) is 18.7 Å². The van der Waals surface area contributed by atoms with E-state index in [0.717, 1.165) is 16.3 Å². The smallest absolute Gasteiger partial charge is 0.175 e. The Hall–Kier alpha value is -1.03. The van der Waals surface area contributed by atoms with Gasteiger partial charge in [-0.1, -0.05) is 6.07 Å². The second-order valence-corrected chi connectivity index (χ2v) is 3.44. The Morgan fingerprint density at radius 1 is 1.36 bits per heavy atom. The van der Waals surface area contributed by atoms with Gasteiger partial charge >= 0.3 is 0 Å². The summed E-state index contributed by atoms with van der Waals surface area (Å²) in [5, 5.41) is 0. The predicted molar refractivity (Wildman–Crippen MR) is 57.0 cm³/mol. The van der Waals surface area contributed by atoms with Crippen LogP contribution in [0, 0.1) is 0 Å². The summed E-state index contributed by atoms with van der Waals surface area (Å²) >= 11 is 3.37. The zero-order valence-corrected chi connectivity index (χ0v) is 9.63. The van der Waals surface area contributed by atoms with Gasteiger partial charge in [0.15, 0.2) is 11.5 Å². The van der Waals surface area contributed by atoms with Crippen LogP contribution in [0.25, 0.3) is 0 Å². The molecule has 0 N–H and O–H groups in total. The Bertz CT molecular complexity index is 336. The van der Waals surface area contributed by atoms with Crippen molar-refractivity contribution in [2.45, 2.75) is 6.42 Å². The standard InChI is InChI=1S/C10H11BrO3/c1-13-8-4-3-7(5-6-12)9(11)10(8)14-2/h3-4,6H,5H2,1-2H3. The first-order valence-electron chi connectivity index (χ1n) is 4.07. The summed E-state index contributed by atoms with van der Waals surface area (Å²) in [6.45, 7) is 0. The summed E-state index contributed by atoms with van der Waals surface area (Å²) in [6.07, 6.45) is 1.22. The first-order chi connectivity index (χ1) is 6.74. The second kappa shape index (κ2) is 5.00. The van der Waals surface area contributed by atoms with E-state index in [1.54, 1.807) is 20.3 Å². The Morgan fingerprint density at radius 3 is 2.57 bits per heavy atom. The van der Waals surface area contributed by atoms with E-state index in [1.807, 2.05) is 6.07 Å². The van der Waals surface area contributed by atoms with E-state index in [4.69, 9.17) is 9.47 Å². The lowest BCUT2D eigenvalue weighted by Gasteiger charge is -2.11. The Morgan fingerprint density at radius 2 is 2.07 bits per heavy atom. The fourth-order valence-corrected chi connectivity index (χ4v) is 1.83. The van der Waals surface area contributed by atoms with Crippen molar-refractivity contribution in [1.82, 2.24) is 0 Å². The third-order valence-corrected chi connectivity index (χ3v) is 2.74. The predicted octanol–water partition coefficient (Wildman–Crippen LogP) is 2.21. The number of benzene rings is 1. The van der Waals surface area contributed by atoms with Crippen LogP contribution in [0.2, 0.25) is 0 Å². The molecule has 0 fully saturated rings. The minimum Gasteiger partial charge on any atom is -0.493 e. The van der Waals surface area contributed by atoms with Crippen molar-refractivity contribution in [2.75, 3.05) is 14.2 Å². The highest BCUT2D eigenvalue weighted by Gasteiger charge is 2.11. The van der Waals surface area contributed by atoms with Gasteiger partial charge in [-0.2, -0.15) is 0 Å². The molecule has 3 nitrogen and oxygen atoms in total. The first kappa shape index (κ1) is 11.0. The maximum Gasteiger partial charge on any atom is 0.175 e. The molecule has 0 aliphatic rings. The molecule has 0 amide bonds. The lowest BCUT2D eigenvalue weighted by atomic mass is 10.1. The van der Waals surface area contributed by atoms with Crippen LogP contribution in [0.5, 0.6) is 11.5 Å². The van der Waals surface area contributed by atoms with Crippen LogP contribution in [0.15, 0.2) is 16.6 Å². The number of carbonyl (C=O) groups excluding carboxylic acids is 1. The molecule has 76 valence electrons. The summed E-state index contributed by atoms with van der Waals surface area (Å²) in [5.41, 5.74) is 0.887. The number of aldehydes is 1. The Kier molecular flexibility index (Phi) is 3.95. The van der Waals surface area contributed by atoms with Crippen molar-refractivity contribution in [3.05, 3.63) is 22.2 Å². The van der Waals surface area contributed by atoms with E-state index >= 15 is 0 Å². The highest BCUT2D eigenvalue weighted by molar-refractivity contribution is 9.10. The zero-order valence-electron chi connectivity index (χ0n) is 8.04. The molecule has 0 saturated heterocycles. The molecule has 0 aliphatic carbocycles. The molecule has 0 unspecified atom stereocenters. The summed E-state index contributed by atoms with van der Waals surface area (Å²) in [6, 6.07) is 3.61.